The molecule has 0 spiro atoms. The maximum Gasteiger partial charge on any atom is 0.0772 e. The molecule has 3 rings (SSSR count). The van der Waals surface area contributed by atoms with Crippen LogP contribution < -0.4 is 11.1 Å². The van der Waals surface area contributed by atoms with E-state index in [1.54, 1.807) is 0 Å². The second kappa shape index (κ2) is 7.54. The molecule has 2 unspecified atom stereocenters. The van der Waals surface area contributed by atoms with Gasteiger partial charge in [0.1, 0.15) is 0 Å². The van der Waals surface area contributed by atoms with Crippen molar-refractivity contribution in [3.05, 3.63) is 71.3 Å². The smallest absolute Gasteiger partial charge is 0.0772 e. The Bertz CT molecular complexity index is 585. The van der Waals surface area contributed by atoms with Gasteiger partial charge in [0, 0.05) is 19.0 Å². The largest absolute Gasteiger partial charge is 0.372 e. The fourth-order valence-corrected chi connectivity index (χ4v) is 3.18. The Balaban J connectivity index is 1.69. The van der Waals surface area contributed by atoms with Crippen LogP contribution in [0, 0.1) is 0 Å². The number of piperidine rings is 1. The average Bonchev–Trinajstić information content (AvgIpc) is 2.61. The summed E-state index contributed by atoms with van der Waals surface area (Å²) in [6.45, 7) is 3.15. The zero-order valence-electron chi connectivity index (χ0n) is 12.9. The van der Waals surface area contributed by atoms with Crippen LogP contribution in [0.5, 0.6) is 0 Å². The lowest BCUT2D eigenvalue weighted by molar-refractivity contribution is 0.0103. The van der Waals surface area contributed by atoms with Crippen LogP contribution in [0.3, 0.4) is 0 Å². The highest BCUT2D eigenvalue weighted by atomic mass is 16.5. The minimum absolute atomic E-state index is 0.210. The van der Waals surface area contributed by atoms with Crippen molar-refractivity contribution in [2.75, 3.05) is 13.1 Å². The molecule has 0 amide bonds. The number of rotatable bonds is 5. The number of ether oxygens (including phenoxy) is 1. The summed E-state index contributed by atoms with van der Waals surface area (Å²) in [5.41, 5.74) is 9.55. The summed E-state index contributed by atoms with van der Waals surface area (Å²) in [4.78, 5) is 0. The third kappa shape index (κ3) is 3.55. The molecule has 0 saturated carbocycles. The van der Waals surface area contributed by atoms with E-state index in [-0.39, 0.29) is 6.10 Å². The number of nitrogens with one attached hydrogen (secondary N) is 1. The molecule has 2 atom stereocenters. The predicted octanol–water partition coefficient (Wildman–Crippen LogP) is 2.81. The molecule has 3 nitrogen and oxygen atoms in total. The summed E-state index contributed by atoms with van der Waals surface area (Å²) in [5, 5.41) is 3.45. The quantitative estimate of drug-likeness (QED) is 0.892. The van der Waals surface area contributed by atoms with E-state index in [0.29, 0.717) is 19.1 Å². The van der Waals surface area contributed by atoms with Gasteiger partial charge in [-0.05, 0) is 29.7 Å². The van der Waals surface area contributed by atoms with Gasteiger partial charge in [-0.1, -0.05) is 54.6 Å². The standard InChI is InChI=1S/C19H24N2O/c20-12-16-8-4-5-9-17(16)14-22-19-13-21-11-10-18(19)15-6-2-1-3-7-15/h1-9,18-19,21H,10-14,20H2. The highest BCUT2D eigenvalue weighted by molar-refractivity contribution is 5.26. The molecule has 1 aliphatic rings. The van der Waals surface area contributed by atoms with Crippen LogP contribution in [0.4, 0.5) is 0 Å². The van der Waals surface area contributed by atoms with Gasteiger partial charge in [-0.2, -0.15) is 0 Å². The van der Waals surface area contributed by atoms with Gasteiger partial charge in [-0.3, -0.25) is 0 Å². The lowest BCUT2D eigenvalue weighted by Gasteiger charge is -2.32. The van der Waals surface area contributed by atoms with Crippen LogP contribution in [0.25, 0.3) is 0 Å². The molecule has 2 aromatic carbocycles. The van der Waals surface area contributed by atoms with Crippen LogP contribution in [-0.2, 0) is 17.9 Å². The first kappa shape index (κ1) is 15.2. The van der Waals surface area contributed by atoms with E-state index in [0.717, 1.165) is 19.5 Å². The highest BCUT2D eigenvalue weighted by Gasteiger charge is 2.27. The normalized spacial score (nSPS) is 21.7. The first-order valence-electron chi connectivity index (χ1n) is 8.02. The lowest BCUT2D eigenvalue weighted by Crippen LogP contribution is -2.41. The summed E-state index contributed by atoms with van der Waals surface area (Å²) in [7, 11) is 0. The summed E-state index contributed by atoms with van der Waals surface area (Å²) in [5.74, 6) is 0.465. The number of hydrogen-bond acceptors (Lipinski definition) is 3. The van der Waals surface area contributed by atoms with Crippen LogP contribution in [0.1, 0.15) is 29.0 Å². The molecule has 116 valence electrons. The molecule has 2 aromatic rings. The van der Waals surface area contributed by atoms with Crippen molar-refractivity contribution in [2.24, 2.45) is 5.73 Å². The van der Waals surface area contributed by atoms with Gasteiger partial charge in [-0.15, -0.1) is 0 Å². The Morgan fingerprint density at radius 2 is 1.73 bits per heavy atom. The van der Waals surface area contributed by atoms with Crippen LogP contribution >= 0.6 is 0 Å². The first-order chi connectivity index (χ1) is 10.9. The molecular formula is C19H24N2O. The van der Waals surface area contributed by atoms with Gasteiger partial charge in [0.05, 0.1) is 12.7 Å². The van der Waals surface area contributed by atoms with Crippen molar-refractivity contribution >= 4 is 0 Å². The van der Waals surface area contributed by atoms with Gasteiger partial charge in [0.15, 0.2) is 0 Å². The van der Waals surface area contributed by atoms with E-state index in [2.05, 4.69) is 47.8 Å². The maximum atomic E-state index is 6.26. The number of benzene rings is 2. The Morgan fingerprint density at radius 3 is 2.50 bits per heavy atom. The van der Waals surface area contributed by atoms with Gasteiger partial charge >= 0.3 is 0 Å². The topological polar surface area (TPSA) is 47.3 Å². The molecule has 22 heavy (non-hydrogen) atoms. The molecule has 3 N–H and O–H groups in total. The van der Waals surface area contributed by atoms with Crippen LogP contribution in [0.2, 0.25) is 0 Å². The van der Waals surface area contributed by atoms with Crippen molar-refractivity contribution in [3.8, 4) is 0 Å². The van der Waals surface area contributed by atoms with E-state index in [9.17, 15) is 0 Å². The highest BCUT2D eigenvalue weighted by Crippen LogP contribution is 2.28. The molecule has 1 aliphatic heterocycles. The zero-order valence-corrected chi connectivity index (χ0v) is 12.9. The Hall–Kier alpha value is -1.68. The number of nitrogens with two attached hydrogens (primary N) is 1. The van der Waals surface area contributed by atoms with Crippen molar-refractivity contribution in [2.45, 2.75) is 31.6 Å². The second-order valence-electron chi connectivity index (χ2n) is 5.83. The molecule has 0 radical (unpaired) electrons. The second-order valence-corrected chi connectivity index (χ2v) is 5.83. The van der Waals surface area contributed by atoms with Crippen molar-refractivity contribution in [1.82, 2.24) is 5.32 Å². The van der Waals surface area contributed by atoms with E-state index >= 15 is 0 Å². The summed E-state index contributed by atoms with van der Waals surface area (Å²) < 4.78 is 6.26. The molecule has 3 heteroatoms. The van der Waals surface area contributed by atoms with Gasteiger partial charge in [-0.25, -0.2) is 0 Å². The van der Waals surface area contributed by atoms with Crippen LogP contribution in [-0.4, -0.2) is 19.2 Å². The zero-order chi connectivity index (χ0) is 15.2. The maximum absolute atomic E-state index is 6.26. The molecule has 1 fully saturated rings. The lowest BCUT2D eigenvalue weighted by atomic mass is 9.88. The molecule has 1 saturated heterocycles. The fourth-order valence-electron chi connectivity index (χ4n) is 3.18. The van der Waals surface area contributed by atoms with Crippen molar-refractivity contribution < 1.29 is 4.74 Å². The first-order valence-corrected chi connectivity index (χ1v) is 8.02. The third-order valence-corrected chi connectivity index (χ3v) is 4.45. The molecular weight excluding hydrogens is 272 g/mol. The Kier molecular flexibility index (Phi) is 5.22. The number of hydrogen-bond donors (Lipinski definition) is 2. The van der Waals surface area contributed by atoms with E-state index in [1.807, 2.05) is 12.1 Å². The minimum atomic E-state index is 0.210. The molecule has 0 aliphatic carbocycles. The predicted molar refractivity (Wildman–Crippen MR) is 89.6 cm³/mol. The fraction of sp³-hybridized carbons (Fsp3) is 0.368. The average molecular weight is 296 g/mol. The molecule has 0 aromatic heterocycles. The van der Waals surface area contributed by atoms with Gasteiger partial charge in [0.25, 0.3) is 0 Å². The van der Waals surface area contributed by atoms with Gasteiger partial charge in [0.2, 0.25) is 0 Å². The van der Waals surface area contributed by atoms with Crippen molar-refractivity contribution in [3.63, 3.8) is 0 Å². The Morgan fingerprint density at radius 1 is 1.00 bits per heavy atom. The van der Waals surface area contributed by atoms with E-state index in [1.165, 1.54) is 16.7 Å². The van der Waals surface area contributed by atoms with Crippen molar-refractivity contribution in [1.29, 1.82) is 0 Å². The summed E-state index contributed by atoms with van der Waals surface area (Å²) in [6.07, 6.45) is 1.33. The van der Waals surface area contributed by atoms with Crippen LogP contribution in [0.15, 0.2) is 54.6 Å². The Labute approximate surface area is 132 Å². The van der Waals surface area contributed by atoms with E-state index in [4.69, 9.17) is 10.5 Å². The summed E-state index contributed by atoms with van der Waals surface area (Å²) >= 11 is 0. The minimum Gasteiger partial charge on any atom is -0.372 e. The third-order valence-electron chi connectivity index (χ3n) is 4.45. The summed E-state index contributed by atoms with van der Waals surface area (Å²) in [6, 6.07) is 19.0. The van der Waals surface area contributed by atoms with Gasteiger partial charge < -0.3 is 15.8 Å². The molecule has 1 heterocycles. The monoisotopic (exact) mass is 296 g/mol. The van der Waals surface area contributed by atoms with E-state index < -0.39 is 0 Å². The SMILES string of the molecule is NCc1ccccc1COC1CNCCC1c1ccccc1. The molecule has 0 bridgehead atoms.